The smallest absolute Gasteiger partial charge is 0.384 e. The quantitative estimate of drug-likeness (QED) is 0.112. The van der Waals surface area contributed by atoms with E-state index in [1.54, 1.807) is 0 Å². The molecule has 0 saturated carbocycles. The van der Waals surface area contributed by atoms with Crippen LogP contribution in [-0.2, 0) is 28.6 Å². The summed E-state index contributed by atoms with van der Waals surface area (Å²) in [5, 5.41) is 9.23. The second-order valence-corrected chi connectivity index (χ2v) is 7.70. The van der Waals surface area contributed by atoms with Gasteiger partial charge in [-0.1, -0.05) is 19.7 Å². The third-order valence-corrected chi connectivity index (χ3v) is 4.69. The molecule has 0 fully saturated rings. The Morgan fingerprint density at radius 2 is 0.950 bits per heavy atom. The predicted molar refractivity (Wildman–Crippen MR) is 107 cm³/mol. The molecule has 0 heterocycles. The summed E-state index contributed by atoms with van der Waals surface area (Å²) >= 11 is 0. The zero-order chi connectivity index (χ0) is 32.0. The molecule has 7 nitrogen and oxygen atoms in total. The van der Waals surface area contributed by atoms with Crippen LogP contribution in [-0.4, -0.2) is 84.0 Å². The molecule has 40 heavy (non-hydrogen) atoms. The van der Waals surface area contributed by atoms with E-state index in [4.69, 9.17) is 0 Å². The molecule has 0 bridgehead atoms. The maximum Gasteiger partial charge on any atom is 0.384 e. The normalized spacial score (nSPS) is 14.9. The number of aliphatic hydroxyl groups excluding tert-OH is 1. The lowest BCUT2D eigenvalue weighted by molar-refractivity contribution is -0.427. The average Bonchev–Trinajstić information content (AvgIpc) is 2.84. The number of ether oxygens (including phenoxy) is 3. The van der Waals surface area contributed by atoms with Gasteiger partial charge < -0.3 is 19.3 Å². The summed E-state index contributed by atoms with van der Waals surface area (Å²) in [4.78, 5) is 33.1. The van der Waals surface area contributed by atoms with E-state index < -0.39 is 91.7 Å². The molecule has 0 aliphatic carbocycles. The van der Waals surface area contributed by atoms with E-state index >= 15 is 0 Å². The molecule has 0 rings (SSSR count). The van der Waals surface area contributed by atoms with Crippen molar-refractivity contribution in [2.75, 3.05) is 13.2 Å². The molecule has 2 atom stereocenters. The standard InChI is InChI=1S/C21H20F12O7/c1-4-13(35)38-9-11(34)7-16(22,23)18(26,27)20(30,31)21(32,33)19(28,29)17(24,25)8-12(40-15(37)6-3)10-39-14(36)5-2/h4-6,11-12,34H,1-3,7-10H2. The van der Waals surface area contributed by atoms with Crippen LogP contribution in [0, 0.1) is 0 Å². The van der Waals surface area contributed by atoms with Crippen molar-refractivity contribution in [3.8, 4) is 0 Å². The van der Waals surface area contributed by atoms with Crippen molar-refractivity contribution in [1.82, 2.24) is 0 Å². The van der Waals surface area contributed by atoms with Crippen molar-refractivity contribution in [3.05, 3.63) is 38.0 Å². The molecule has 2 unspecified atom stereocenters. The minimum Gasteiger partial charge on any atom is -0.460 e. The number of carbonyl (C=O) groups is 3. The second-order valence-electron chi connectivity index (χ2n) is 7.70. The molecule has 0 amide bonds. The van der Waals surface area contributed by atoms with Gasteiger partial charge >= 0.3 is 53.4 Å². The van der Waals surface area contributed by atoms with Gasteiger partial charge in [-0.15, -0.1) is 0 Å². The zero-order valence-electron chi connectivity index (χ0n) is 19.8. The van der Waals surface area contributed by atoms with Gasteiger partial charge in [0, 0.05) is 24.6 Å². The minimum atomic E-state index is -7.96. The summed E-state index contributed by atoms with van der Waals surface area (Å²) < 4.78 is 181. The second kappa shape index (κ2) is 12.9. The van der Waals surface area contributed by atoms with Crippen LogP contribution >= 0.6 is 0 Å². The van der Waals surface area contributed by atoms with E-state index in [-0.39, 0.29) is 6.08 Å². The molecule has 0 aliphatic rings. The Labute approximate surface area is 217 Å². The molecular formula is C21H20F12O7. The summed E-state index contributed by atoms with van der Waals surface area (Å²) in [6, 6.07) is 0. The first-order valence-electron chi connectivity index (χ1n) is 10.2. The van der Waals surface area contributed by atoms with E-state index in [0.29, 0.717) is 12.2 Å². The molecule has 0 spiro atoms. The molecule has 0 aromatic heterocycles. The summed E-state index contributed by atoms with van der Waals surface area (Å²) in [6.07, 6.45) is -10.6. The maximum absolute atomic E-state index is 14.3. The Bertz CT molecular complexity index is 966. The summed E-state index contributed by atoms with van der Waals surface area (Å²) in [5.41, 5.74) is 0. The Kier molecular flexibility index (Phi) is 11.9. The fourth-order valence-corrected chi connectivity index (χ4v) is 2.57. The Balaban J connectivity index is 6.28. The van der Waals surface area contributed by atoms with Crippen LogP contribution < -0.4 is 0 Å². The molecule has 1 N–H and O–H groups in total. The Morgan fingerprint density at radius 3 is 1.32 bits per heavy atom. The van der Waals surface area contributed by atoms with Crippen molar-refractivity contribution >= 4 is 17.9 Å². The van der Waals surface area contributed by atoms with Gasteiger partial charge in [-0.05, 0) is 0 Å². The van der Waals surface area contributed by atoms with Crippen molar-refractivity contribution in [2.24, 2.45) is 0 Å². The number of carbonyl (C=O) groups excluding carboxylic acids is 3. The molecule has 0 radical (unpaired) electrons. The van der Waals surface area contributed by atoms with Gasteiger partial charge in [0.2, 0.25) is 0 Å². The molecule has 230 valence electrons. The molecule has 0 aliphatic heterocycles. The molecule has 0 aromatic carbocycles. The maximum atomic E-state index is 14.3. The number of halogens is 12. The van der Waals surface area contributed by atoms with Crippen LogP contribution in [0.1, 0.15) is 12.8 Å². The topological polar surface area (TPSA) is 99.1 Å². The first-order valence-corrected chi connectivity index (χ1v) is 10.2. The number of hydrogen-bond acceptors (Lipinski definition) is 7. The predicted octanol–water partition coefficient (Wildman–Crippen LogP) is 4.50. The number of aliphatic hydroxyl groups is 1. The first-order chi connectivity index (χ1) is 17.9. The fraction of sp³-hybridized carbons (Fsp3) is 0.571. The number of rotatable bonds is 17. The van der Waals surface area contributed by atoms with Gasteiger partial charge in [-0.3, -0.25) is 0 Å². The largest absolute Gasteiger partial charge is 0.460 e. The lowest BCUT2D eigenvalue weighted by Gasteiger charge is -2.42. The number of hydrogen-bond donors (Lipinski definition) is 1. The van der Waals surface area contributed by atoms with Crippen LogP contribution in [0.15, 0.2) is 38.0 Å². The Morgan fingerprint density at radius 1 is 0.600 bits per heavy atom. The van der Waals surface area contributed by atoms with Gasteiger partial charge in [0.05, 0.1) is 12.5 Å². The van der Waals surface area contributed by atoms with Gasteiger partial charge in [0.15, 0.2) is 0 Å². The van der Waals surface area contributed by atoms with Gasteiger partial charge in [0.1, 0.15) is 19.3 Å². The van der Waals surface area contributed by atoms with Crippen molar-refractivity contribution in [3.63, 3.8) is 0 Å². The number of esters is 3. The van der Waals surface area contributed by atoms with Crippen LogP contribution in [0.5, 0.6) is 0 Å². The first kappa shape index (κ1) is 36.8. The third-order valence-electron chi connectivity index (χ3n) is 4.69. The van der Waals surface area contributed by atoms with Crippen LogP contribution in [0.3, 0.4) is 0 Å². The van der Waals surface area contributed by atoms with Gasteiger partial charge in [-0.2, -0.15) is 52.7 Å². The lowest BCUT2D eigenvalue weighted by Crippen LogP contribution is -2.71. The average molecular weight is 612 g/mol. The summed E-state index contributed by atoms with van der Waals surface area (Å²) in [5.74, 6) is -48.7. The SMILES string of the molecule is C=CC(=O)OCC(O)CC(F)(F)C(F)(F)C(F)(F)C(F)(F)C(F)(F)C(F)(F)CC(COC(=O)C=C)OC(=O)C=C. The van der Waals surface area contributed by atoms with Crippen molar-refractivity contribution in [2.45, 2.75) is 60.6 Å². The monoisotopic (exact) mass is 612 g/mol. The summed E-state index contributed by atoms with van der Waals surface area (Å²) in [6.45, 7) is 5.25. The molecule has 0 saturated heterocycles. The van der Waals surface area contributed by atoms with E-state index in [9.17, 15) is 72.2 Å². The van der Waals surface area contributed by atoms with Crippen LogP contribution in [0.2, 0.25) is 0 Å². The molecule has 0 aromatic rings. The molecule has 19 heteroatoms. The van der Waals surface area contributed by atoms with E-state index in [0.717, 1.165) is 0 Å². The van der Waals surface area contributed by atoms with Gasteiger partial charge in [0.25, 0.3) is 0 Å². The van der Waals surface area contributed by atoms with E-state index in [1.165, 1.54) is 0 Å². The third kappa shape index (κ3) is 7.69. The number of alkyl halides is 12. The molecular weight excluding hydrogens is 592 g/mol. The zero-order valence-corrected chi connectivity index (χ0v) is 19.8. The van der Waals surface area contributed by atoms with Crippen LogP contribution in [0.25, 0.3) is 0 Å². The van der Waals surface area contributed by atoms with Crippen molar-refractivity contribution < 1.29 is 86.4 Å². The highest BCUT2D eigenvalue weighted by Gasteiger charge is 2.89. The summed E-state index contributed by atoms with van der Waals surface area (Å²) in [7, 11) is 0. The van der Waals surface area contributed by atoms with E-state index in [1.807, 2.05) is 0 Å². The van der Waals surface area contributed by atoms with Gasteiger partial charge in [-0.25, -0.2) is 14.4 Å². The van der Waals surface area contributed by atoms with Crippen molar-refractivity contribution in [1.29, 1.82) is 0 Å². The Hall–Kier alpha value is -3.25. The van der Waals surface area contributed by atoms with E-state index in [2.05, 4.69) is 33.9 Å². The highest BCUT2D eigenvalue weighted by molar-refractivity contribution is 5.82. The fourth-order valence-electron chi connectivity index (χ4n) is 2.57. The van der Waals surface area contributed by atoms with Crippen LogP contribution in [0.4, 0.5) is 52.7 Å². The lowest BCUT2D eigenvalue weighted by atomic mass is 9.88. The highest BCUT2D eigenvalue weighted by atomic mass is 19.4. The highest BCUT2D eigenvalue weighted by Crippen LogP contribution is 2.61. The minimum absolute atomic E-state index is 0.219.